The molecule has 668 valence electrons. The van der Waals surface area contributed by atoms with E-state index in [1.165, 1.54) is 155 Å². The SMILES string of the molecule is c1ccc(-n2c3ccccc3c3cc(-c4nc(-n5c6ccc7ccccc7c6c6c7ccccc7ccc65)nc5ccccc45)ccc32)cc1.c1ccc(-n2c3ccccc3c3ccc(-c4nc(-n5c6ccc7ccccc7c6c6c7ccccc7ccc65)nc5ccccc45)cc32)cc1.c1ccc2c(c1)ccc1c2c2c3ccccc3ccc2n1-c1nc(-c2cccc3c2sc2ccccc23)c2ccccc2n1. The van der Waals surface area contributed by atoms with Gasteiger partial charge in [0.15, 0.2) is 0 Å². The summed E-state index contributed by atoms with van der Waals surface area (Å²) in [5.41, 5.74) is 22.3. The van der Waals surface area contributed by atoms with Crippen molar-refractivity contribution in [2.75, 3.05) is 0 Å². The Kier molecular flexibility index (Phi) is 18.1. The van der Waals surface area contributed by atoms with Gasteiger partial charge in [-0.05, 0) is 180 Å². The van der Waals surface area contributed by atoms with Crippen molar-refractivity contribution in [2.24, 2.45) is 0 Å². The van der Waals surface area contributed by atoms with Crippen LogP contribution in [0, 0.1) is 0 Å². The lowest BCUT2D eigenvalue weighted by molar-refractivity contribution is 1.01. The molecule has 0 aliphatic heterocycles. The zero-order chi connectivity index (χ0) is 94.3. The largest absolute Gasteiger partial charge is 0.309 e. The summed E-state index contributed by atoms with van der Waals surface area (Å²) < 4.78 is 14.0. The maximum atomic E-state index is 5.48. The van der Waals surface area contributed by atoms with Crippen LogP contribution in [-0.2, 0) is 0 Å². The van der Waals surface area contributed by atoms with Crippen LogP contribution in [0.15, 0.2) is 479 Å². The summed E-state index contributed by atoms with van der Waals surface area (Å²) in [5, 5.41) is 32.6. The van der Waals surface area contributed by atoms with Crippen molar-refractivity contribution in [2.45, 2.75) is 0 Å². The molecule has 0 N–H and O–H groups in total. The molecule has 11 nitrogen and oxygen atoms in total. The summed E-state index contributed by atoms with van der Waals surface area (Å²) in [4.78, 5) is 32.2. The third-order valence-corrected chi connectivity index (χ3v) is 30.8. The predicted molar refractivity (Wildman–Crippen MR) is 605 cm³/mol. The van der Waals surface area contributed by atoms with Gasteiger partial charge in [-0.25, -0.2) is 29.9 Å². The van der Waals surface area contributed by atoms with Crippen LogP contribution >= 0.6 is 11.3 Å². The highest BCUT2D eigenvalue weighted by molar-refractivity contribution is 7.26. The molecule has 0 fully saturated rings. The summed E-state index contributed by atoms with van der Waals surface area (Å²) in [5.74, 6) is 2.01. The van der Waals surface area contributed by atoms with E-state index in [-0.39, 0.29) is 0 Å². The molecular formula is C132H79N11S. The van der Waals surface area contributed by atoms with Crippen LogP contribution in [0.25, 0.3) is 290 Å². The second-order valence-corrected chi connectivity index (χ2v) is 38.4. The van der Waals surface area contributed by atoms with Crippen molar-refractivity contribution >= 4 is 238 Å². The van der Waals surface area contributed by atoms with Gasteiger partial charge in [-0.15, -0.1) is 11.3 Å². The number of nitrogens with zero attached hydrogens (tertiary/aromatic N) is 11. The first-order valence-electron chi connectivity index (χ1n) is 48.9. The van der Waals surface area contributed by atoms with Crippen LogP contribution in [0.2, 0.25) is 0 Å². The first-order chi connectivity index (χ1) is 71.5. The number of thiophene rings is 1. The molecule has 9 heterocycles. The second kappa shape index (κ2) is 32.2. The Morgan fingerprint density at radius 3 is 0.854 bits per heavy atom. The molecule has 0 aliphatic carbocycles. The van der Waals surface area contributed by atoms with E-state index in [2.05, 4.69) is 502 Å². The Labute approximate surface area is 826 Å². The van der Waals surface area contributed by atoms with Crippen molar-refractivity contribution in [3.05, 3.63) is 479 Å². The summed E-state index contributed by atoms with van der Waals surface area (Å²) >= 11 is 1.84. The molecule has 0 saturated carbocycles. The number of aromatic nitrogens is 11. The van der Waals surface area contributed by atoms with Gasteiger partial charge in [0.2, 0.25) is 17.8 Å². The molecule has 32 rings (SSSR count). The highest BCUT2D eigenvalue weighted by Crippen LogP contribution is 2.49. The Morgan fingerprint density at radius 2 is 0.444 bits per heavy atom. The average Bonchev–Trinajstić information content (AvgIpc) is 1.56. The molecule has 9 aromatic heterocycles. The highest BCUT2D eigenvalue weighted by atomic mass is 32.1. The lowest BCUT2D eigenvalue weighted by atomic mass is 10.00. The molecule has 0 radical (unpaired) electrons. The number of para-hydroxylation sites is 7. The standard InChI is InChI=1S/2C46H28N4.C40H23N3S/c1-2-14-32(15-3-1)49-39-21-11-9-18-35(39)37-28-31(24-25-40(37)49)45-36-19-8-10-20-38(36)47-46(48-45)50-41-26-22-29-12-4-6-16-33(29)43(41)44-34-17-7-5-13-30(34)23-27-42(44)50;1-2-14-32(15-3-1)49-39-21-11-9-18-35(39)36-25-22-31(28-42(36)49)45-37-19-8-10-20-38(37)47-46(48-45)50-40-26-23-29-12-4-6-16-33(29)43(40)44-34-17-7-5-13-30(34)24-27-41(44)50;1-3-12-26-24(10-1)20-22-33-36(26)37-27-13-4-2-11-25(27)21-23-34(37)43(33)40-41-32-18-7-5-15-30(32)38(42-40)31-17-9-16-29-28-14-6-8-19-35(28)44-39(29)31/h2*1-28H;1-23H. The lowest BCUT2D eigenvalue weighted by Gasteiger charge is -2.13. The van der Waals surface area contributed by atoms with Gasteiger partial charge in [0, 0.05) is 118 Å². The van der Waals surface area contributed by atoms with Crippen LogP contribution in [0.1, 0.15) is 0 Å². The van der Waals surface area contributed by atoms with Crippen LogP contribution in [0.5, 0.6) is 0 Å². The quantitative estimate of drug-likeness (QED) is 0.150. The monoisotopic (exact) mass is 1850 g/mol. The summed E-state index contributed by atoms with van der Waals surface area (Å²) in [6, 6.07) is 171. The van der Waals surface area contributed by atoms with Gasteiger partial charge in [0.05, 0.1) is 88.8 Å². The Bertz CT molecular complexity index is 10800. The van der Waals surface area contributed by atoms with Crippen molar-refractivity contribution in [3.8, 4) is 63.0 Å². The molecule has 32 aromatic rings. The zero-order valence-electron chi connectivity index (χ0n) is 77.4. The van der Waals surface area contributed by atoms with E-state index in [0.717, 1.165) is 116 Å². The Balaban J connectivity index is 0.000000101. The summed E-state index contributed by atoms with van der Waals surface area (Å²) in [6.45, 7) is 0. The fourth-order valence-corrected chi connectivity index (χ4v) is 24.5. The molecule has 0 amide bonds. The minimum absolute atomic E-state index is 0.660. The van der Waals surface area contributed by atoms with E-state index in [1.54, 1.807) is 0 Å². The number of benzene rings is 23. The second-order valence-electron chi connectivity index (χ2n) is 37.4. The van der Waals surface area contributed by atoms with Crippen LogP contribution in [0.4, 0.5) is 0 Å². The minimum atomic E-state index is 0.660. The van der Waals surface area contributed by atoms with E-state index in [1.807, 2.05) is 11.3 Å². The third-order valence-electron chi connectivity index (χ3n) is 29.6. The van der Waals surface area contributed by atoms with Gasteiger partial charge in [-0.1, -0.05) is 364 Å². The van der Waals surface area contributed by atoms with Crippen molar-refractivity contribution in [3.63, 3.8) is 0 Å². The van der Waals surface area contributed by atoms with E-state index in [9.17, 15) is 0 Å². The topological polar surface area (TPSA) is 102 Å². The van der Waals surface area contributed by atoms with Gasteiger partial charge in [-0.2, -0.15) is 0 Å². The zero-order valence-corrected chi connectivity index (χ0v) is 78.3. The van der Waals surface area contributed by atoms with Crippen LogP contribution in [-0.4, -0.2) is 52.7 Å². The summed E-state index contributed by atoms with van der Waals surface area (Å²) in [6.07, 6.45) is 0. The third kappa shape index (κ3) is 12.4. The van der Waals surface area contributed by atoms with Gasteiger partial charge in [0.1, 0.15) is 0 Å². The van der Waals surface area contributed by atoms with Gasteiger partial charge in [0.25, 0.3) is 0 Å². The fourth-order valence-electron chi connectivity index (χ4n) is 23.3. The number of rotatable bonds is 8. The van der Waals surface area contributed by atoms with Gasteiger partial charge < -0.3 is 9.13 Å². The number of hydrogen-bond acceptors (Lipinski definition) is 7. The van der Waals surface area contributed by atoms with E-state index >= 15 is 0 Å². The Morgan fingerprint density at radius 1 is 0.160 bits per heavy atom. The highest BCUT2D eigenvalue weighted by Gasteiger charge is 2.28. The lowest BCUT2D eigenvalue weighted by Crippen LogP contribution is -2.03. The maximum Gasteiger partial charge on any atom is 0.235 e. The number of hydrogen-bond donors (Lipinski definition) is 0. The fraction of sp³-hybridized carbons (Fsp3) is 0. The predicted octanol–water partition coefficient (Wildman–Crippen LogP) is 34.7. The minimum Gasteiger partial charge on any atom is -0.309 e. The van der Waals surface area contributed by atoms with Crippen molar-refractivity contribution < 1.29 is 0 Å². The molecule has 23 aromatic carbocycles. The molecule has 0 bridgehead atoms. The summed E-state index contributed by atoms with van der Waals surface area (Å²) in [7, 11) is 0. The van der Waals surface area contributed by atoms with Gasteiger partial charge >= 0.3 is 0 Å². The van der Waals surface area contributed by atoms with E-state index < -0.39 is 0 Å². The van der Waals surface area contributed by atoms with Crippen molar-refractivity contribution in [1.82, 2.24) is 52.7 Å². The molecule has 12 heteroatoms. The maximum absolute atomic E-state index is 5.48. The normalized spacial score (nSPS) is 12.0. The smallest absolute Gasteiger partial charge is 0.235 e. The first-order valence-corrected chi connectivity index (χ1v) is 49.7. The first kappa shape index (κ1) is 80.9. The molecular weight excluding hydrogens is 1770 g/mol. The van der Waals surface area contributed by atoms with Crippen molar-refractivity contribution in [1.29, 1.82) is 0 Å². The van der Waals surface area contributed by atoms with Crippen LogP contribution in [0.3, 0.4) is 0 Å². The molecule has 0 saturated heterocycles. The molecule has 0 atom stereocenters. The Hall–Kier alpha value is -19.1. The van der Waals surface area contributed by atoms with E-state index in [0.29, 0.717) is 17.8 Å². The molecule has 0 unspecified atom stereocenters. The number of fused-ring (bicyclic) bond motifs is 33. The molecule has 0 aliphatic rings. The van der Waals surface area contributed by atoms with E-state index in [4.69, 9.17) is 29.9 Å². The van der Waals surface area contributed by atoms with Gasteiger partial charge in [-0.3, -0.25) is 13.7 Å². The molecule has 144 heavy (non-hydrogen) atoms. The van der Waals surface area contributed by atoms with Crippen LogP contribution < -0.4 is 0 Å². The molecule has 0 spiro atoms. The average molecular weight is 1850 g/mol.